The van der Waals surface area contributed by atoms with Crippen molar-refractivity contribution < 1.29 is 9.15 Å². The van der Waals surface area contributed by atoms with Gasteiger partial charge in [-0.25, -0.2) is 0 Å². The Bertz CT molecular complexity index is 538. The fourth-order valence-corrected chi connectivity index (χ4v) is 1.94. The third-order valence-electron chi connectivity index (χ3n) is 2.91. The molecular weight excluding hydrogens is 272 g/mol. The molecule has 20 heavy (non-hydrogen) atoms. The van der Waals surface area contributed by atoms with Gasteiger partial charge in [-0.05, 0) is 37.4 Å². The molecule has 0 saturated carbocycles. The number of furan rings is 1. The number of nitrogens with two attached hydrogens (primary N) is 1. The Hall–Kier alpha value is -1.85. The van der Waals surface area contributed by atoms with Gasteiger partial charge >= 0.3 is 0 Å². The summed E-state index contributed by atoms with van der Waals surface area (Å²) in [5.74, 6) is 0.821. The number of likely N-dealkylation sites (N-methyl/N-ethyl adjacent to an activating group) is 1. The van der Waals surface area contributed by atoms with E-state index >= 15 is 0 Å². The van der Waals surface area contributed by atoms with Crippen LogP contribution >= 0.6 is 12.2 Å². The Labute approximate surface area is 124 Å². The number of hydrogen-bond donors (Lipinski definition) is 1. The summed E-state index contributed by atoms with van der Waals surface area (Å²) in [4.78, 5) is 2.57. The van der Waals surface area contributed by atoms with Crippen LogP contribution in [0.25, 0.3) is 0 Å². The second-order valence-corrected chi connectivity index (χ2v) is 5.05. The minimum Gasteiger partial charge on any atom is -0.492 e. The summed E-state index contributed by atoms with van der Waals surface area (Å²) in [6.07, 6.45) is 3.44. The molecule has 2 rings (SSSR count). The van der Waals surface area contributed by atoms with E-state index in [1.165, 1.54) is 0 Å². The molecule has 106 valence electrons. The number of hydrogen-bond acceptors (Lipinski definition) is 4. The van der Waals surface area contributed by atoms with Crippen molar-refractivity contribution in [3.8, 4) is 5.75 Å². The summed E-state index contributed by atoms with van der Waals surface area (Å²) in [6.45, 7) is 2.31. The number of rotatable bonds is 7. The van der Waals surface area contributed by atoms with Crippen molar-refractivity contribution in [1.82, 2.24) is 4.90 Å². The molecule has 0 bridgehead atoms. The molecule has 0 fully saturated rings. The van der Waals surface area contributed by atoms with Crippen LogP contribution in [0.2, 0.25) is 0 Å². The molecule has 2 N–H and O–H groups in total. The largest absolute Gasteiger partial charge is 0.492 e. The van der Waals surface area contributed by atoms with Crippen molar-refractivity contribution in [2.75, 3.05) is 20.2 Å². The number of benzene rings is 1. The number of nitrogens with zero attached hydrogens (tertiary/aromatic N) is 1. The van der Waals surface area contributed by atoms with E-state index in [0.717, 1.165) is 30.0 Å². The van der Waals surface area contributed by atoms with Gasteiger partial charge in [-0.3, -0.25) is 4.90 Å². The third-order valence-corrected chi connectivity index (χ3v) is 3.15. The maximum atomic E-state index is 5.68. The quantitative estimate of drug-likeness (QED) is 0.794. The van der Waals surface area contributed by atoms with E-state index < -0.39 is 0 Å². The van der Waals surface area contributed by atoms with E-state index in [1.807, 2.05) is 37.4 Å². The normalized spacial score (nSPS) is 10.7. The molecule has 0 saturated heterocycles. The molecule has 1 heterocycles. The Kier molecular flexibility index (Phi) is 5.15. The zero-order valence-corrected chi connectivity index (χ0v) is 12.2. The molecule has 2 aromatic rings. The molecule has 0 spiro atoms. The smallest absolute Gasteiger partial charge is 0.119 e. The second-order valence-electron chi connectivity index (χ2n) is 4.61. The van der Waals surface area contributed by atoms with Gasteiger partial charge in [-0.2, -0.15) is 0 Å². The van der Waals surface area contributed by atoms with Crippen LogP contribution in [0.15, 0.2) is 47.3 Å². The monoisotopic (exact) mass is 290 g/mol. The predicted molar refractivity (Wildman–Crippen MR) is 82.9 cm³/mol. The lowest BCUT2D eigenvalue weighted by Gasteiger charge is -2.16. The maximum absolute atomic E-state index is 5.68. The molecule has 0 aliphatic rings. The zero-order valence-electron chi connectivity index (χ0n) is 11.4. The first kappa shape index (κ1) is 14.6. The van der Waals surface area contributed by atoms with E-state index in [4.69, 9.17) is 27.1 Å². The summed E-state index contributed by atoms with van der Waals surface area (Å²) >= 11 is 4.90. The first-order chi connectivity index (χ1) is 9.65. The zero-order chi connectivity index (χ0) is 14.4. The Morgan fingerprint density at radius 2 is 2.05 bits per heavy atom. The number of thiocarbonyl (C=S) groups is 1. The fourth-order valence-electron chi connectivity index (χ4n) is 1.81. The molecule has 1 aromatic carbocycles. The van der Waals surface area contributed by atoms with Crippen LogP contribution in [0, 0.1) is 0 Å². The average Bonchev–Trinajstić information content (AvgIpc) is 2.92. The summed E-state index contributed by atoms with van der Waals surface area (Å²) in [6, 6.07) is 9.46. The molecule has 0 aliphatic heterocycles. The predicted octanol–water partition coefficient (Wildman–Crippen LogP) is 2.42. The molecule has 5 heteroatoms. The molecule has 1 aromatic heterocycles. The maximum Gasteiger partial charge on any atom is 0.119 e. The van der Waals surface area contributed by atoms with Gasteiger partial charge in [0.05, 0.1) is 12.5 Å². The van der Waals surface area contributed by atoms with E-state index in [0.29, 0.717) is 11.6 Å². The van der Waals surface area contributed by atoms with Gasteiger partial charge in [0, 0.05) is 24.2 Å². The van der Waals surface area contributed by atoms with Crippen molar-refractivity contribution in [2.24, 2.45) is 5.73 Å². The van der Waals surface area contributed by atoms with Gasteiger partial charge in [0.2, 0.25) is 0 Å². The second kappa shape index (κ2) is 7.07. The van der Waals surface area contributed by atoms with E-state index in [9.17, 15) is 0 Å². The van der Waals surface area contributed by atoms with Crippen molar-refractivity contribution in [2.45, 2.75) is 6.54 Å². The van der Waals surface area contributed by atoms with E-state index in [2.05, 4.69) is 4.90 Å². The summed E-state index contributed by atoms with van der Waals surface area (Å²) in [5, 5.41) is 0. The van der Waals surface area contributed by atoms with Crippen LogP contribution in [-0.4, -0.2) is 30.1 Å². The summed E-state index contributed by atoms with van der Waals surface area (Å²) in [5.41, 5.74) is 7.56. The van der Waals surface area contributed by atoms with Gasteiger partial charge in [0.25, 0.3) is 0 Å². The lowest BCUT2D eigenvalue weighted by Crippen LogP contribution is -2.23. The van der Waals surface area contributed by atoms with Gasteiger partial charge in [-0.1, -0.05) is 12.2 Å². The summed E-state index contributed by atoms with van der Waals surface area (Å²) in [7, 11) is 2.05. The SMILES string of the molecule is CN(CCOc1ccc(C(N)=S)cc1)Cc1ccoc1. The van der Waals surface area contributed by atoms with Gasteiger partial charge in [0.15, 0.2) is 0 Å². The number of ether oxygens (including phenoxy) is 1. The lowest BCUT2D eigenvalue weighted by molar-refractivity contribution is 0.232. The first-order valence-electron chi connectivity index (χ1n) is 6.37. The van der Waals surface area contributed by atoms with Crippen LogP contribution in [0.5, 0.6) is 5.75 Å². The van der Waals surface area contributed by atoms with Crippen molar-refractivity contribution >= 4 is 17.2 Å². The Morgan fingerprint density at radius 1 is 1.30 bits per heavy atom. The molecule has 0 amide bonds. The highest BCUT2D eigenvalue weighted by Crippen LogP contribution is 2.12. The van der Waals surface area contributed by atoms with Crippen molar-refractivity contribution in [1.29, 1.82) is 0 Å². The van der Waals surface area contributed by atoms with Crippen LogP contribution in [0.4, 0.5) is 0 Å². The van der Waals surface area contributed by atoms with Crippen molar-refractivity contribution in [3.63, 3.8) is 0 Å². The minimum atomic E-state index is 0.399. The van der Waals surface area contributed by atoms with Crippen LogP contribution in [-0.2, 0) is 6.54 Å². The van der Waals surface area contributed by atoms with Gasteiger partial charge in [-0.15, -0.1) is 0 Å². The first-order valence-corrected chi connectivity index (χ1v) is 6.78. The van der Waals surface area contributed by atoms with Crippen LogP contribution in [0.1, 0.15) is 11.1 Å². The highest BCUT2D eigenvalue weighted by molar-refractivity contribution is 7.80. The third kappa shape index (κ3) is 4.36. The topological polar surface area (TPSA) is 51.6 Å². The molecule has 0 radical (unpaired) electrons. The van der Waals surface area contributed by atoms with Crippen molar-refractivity contribution in [3.05, 3.63) is 54.0 Å². The molecule has 0 aliphatic carbocycles. The summed E-state index contributed by atoms with van der Waals surface area (Å²) < 4.78 is 10.7. The Balaban J connectivity index is 1.73. The van der Waals surface area contributed by atoms with Crippen LogP contribution in [0.3, 0.4) is 0 Å². The Morgan fingerprint density at radius 3 is 2.65 bits per heavy atom. The average molecular weight is 290 g/mol. The van der Waals surface area contributed by atoms with Crippen LogP contribution < -0.4 is 10.5 Å². The molecule has 0 unspecified atom stereocenters. The highest BCUT2D eigenvalue weighted by Gasteiger charge is 2.02. The van der Waals surface area contributed by atoms with E-state index in [-0.39, 0.29) is 0 Å². The highest BCUT2D eigenvalue weighted by atomic mass is 32.1. The molecular formula is C15H18N2O2S. The molecule has 0 atom stereocenters. The molecule has 4 nitrogen and oxygen atoms in total. The lowest BCUT2D eigenvalue weighted by atomic mass is 10.2. The standard InChI is InChI=1S/C15H18N2O2S/c1-17(10-12-6-8-18-11-12)7-9-19-14-4-2-13(3-5-14)15(16)20/h2-6,8,11H,7,9-10H2,1H3,(H2,16,20). The fraction of sp³-hybridized carbons (Fsp3) is 0.267. The van der Waals surface area contributed by atoms with Gasteiger partial charge in [0.1, 0.15) is 17.3 Å². The van der Waals surface area contributed by atoms with E-state index in [1.54, 1.807) is 12.5 Å². The minimum absolute atomic E-state index is 0.399. The van der Waals surface area contributed by atoms with Gasteiger partial charge < -0.3 is 14.9 Å².